The smallest absolute Gasteiger partial charge is 0.0645 e. The molecule has 2 N–H and O–H groups in total. The van der Waals surface area contributed by atoms with E-state index < -0.39 is 0 Å². The van der Waals surface area contributed by atoms with E-state index in [1.54, 1.807) is 0 Å². The molecule has 0 aromatic rings. The van der Waals surface area contributed by atoms with Gasteiger partial charge in [0.25, 0.3) is 0 Å². The number of rotatable bonds is 2. The van der Waals surface area contributed by atoms with Crippen LogP contribution in [0.1, 0.15) is 13.8 Å². The van der Waals surface area contributed by atoms with Crippen LogP contribution in [0, 0.1) is 5.92 Å². The molecule has 2 fully saturated rings. The summed E-state index contributed by atoms with van der Waals surface area (Å²) in [6.07, 6.45) is 0. The third-order valence-corrected chi connectivity index (χ3v) is 3.52. The molecule has 2 saturated heterocycles. The van der Waals surface area contributed by atoms with Gasteiger partial charge in [-0.25, -0.2) is 0 Å². The van der Waals surface area contributed by atoms with E-state index in [1.165, 1.54) is 0 Å². The molecule has 0 aliphatic carbocycles. The van der Waals surface area contributed by atoms with Crippen LogP contribution >= 0.6 is 0 Å². The molecule has 4 heteroatoms. The predicted octanol–water partition coefficient (Wildman–Crippen LogP) is 0.0709. The van der Waals surface area contributed by atoms with Gasteiger partial charge in [-0.3, -0.25) is 4.90 Å². The maximum absolute atomic E-state index is 6.00. The van der Waals surface area contributed by atoms with Crippen LogP contribution in [0.25, 0.3) is 0 Å². The van der Waals surface area contributed by atoms with Gasteiger partial charge < -0.3 is 15.2 Å². The van der Waals surface area contributed by atoms with E-state index in [-0.39, 0.29) is 11.6 Å². The molecule has 4 nitrogen and oxygen atoms in total. The molecular formula is C11H22N2O2. The van der Waals surface area contributed by atoms with Gasteiger partial charge in [-0.15, -0.1) is 0 Å². The summed E-state index contributed by atoms with van der Waals surface area (Å²) in [6.45, 7) is 9.70. The Hall–Kier alpha value is -0.160. The molecule has 2 rings (SSSR count). The Morgan fingerprint density at radius 2 is 2.13 bits per heavy atom. The van der Waals surface area contributed by atoms with Crippen LogP contribution in [0.2, 0.25) is 0 Å². The van der Waals surface area contributed by atoms with Crippen molar-refractivity contribution in [1.29, 1.82) is 0 Å². The van der Waals surface area contributed by atoms with Gasteiger partial charge in [-0.2, -0.15) is 0 Å². The Morgan fingerprint density at radius 3 is 2.73 bits per heavy atom. The van der Waals surface area contributed by atoms with Gasteiger partial charge >= 0.3 is 0 Å². The number of hydrogen-bond donors (Lipinski definition) is 1. The standard InChI is InChI=1S/C11H22N2O2/c1-11(2)8-14-4-3-13(11)5-9-6-15-7-10(9)12/h9-10H,3-8,12H2,1-2H3. The van der Waals surface area contributed by atoms with E-state index in [2.05, 4.69) is 18.7 Å². The fraction of sp³-hybridized carbons (Fsp3) is 1.00. The molecule has 0 amide bonds. The topological polar surface area (TPSA) is 47.7 Å². The Morgan fingerprint density at radius 1 is 1.33 bits per heavy atom. The van der Waals surface area contributed by atoms with E-state index in [0.717, 1.165) is 39.5 Å². The Kier molecular flexibility index (Phi) is 3.30. The van der Waals surface area contributed by atoms with Gasteiger partial charge in [0.2, 0.25) is 0 Å². The first-order valence-electron chi connectivity index (χ1n) is 5.76. The maximum atomic E-state index is 6.00. The minimum Gasteiger partial charge on any atom is -0.379 e. The molecule has 0 saturated carbocycles. The van der Waals surface area contributed by atoms with Crippen molar-refractivity contribution in [2.75, 3.05) is 39.5 Å². The number of ether oxygens (including phenoxy) is 2. The molecule has 0 bridgehead atoms. The molecular weight excluding hydrogens is 192 g/mol. The Labute approximate surface area is 91.7 Å². The summed E-state index contributed by atoms with van der Waals surface area (Å²) in [4.78, 5) is 2.48. The highest BCUT2D eigenvalue weighted by Gasteiger charge is 2.35. The van der Waals surface area contributed by atoms with Gasteiger partial charge in [0.15, 0.2) is 0 Å². The van der Waals surface area contributed by atoms with Crippen molar-refractivity contribution < 1.29 is 9.47 Å². The van der Waals surface area contributed by atoms with Crippen molar-refractivity contribution in [3.8, 4) is 0 Å². The van der Waals surface area contributed by atoms with Crippen molar-refractivity contribution >= 4 is 0 Å². The summed E-state index contributed by atoms with van der Waals surface area (Å²) >= 11 is 0. The third-order valence-electron chi connectivity index (χ3n) is 3.52. The second kappa shape index (κ2) is 4.37. The summed E-state index contributed by atoms with van der Waals surface area (Å²) in [5.74, 6) is 0.488. The lowest BCUT2D eigenvalue weighted by Gasteiger charge is -2.43. The first kappa shape index (κ1) is 11.3. The summed E-state index contributed by atoms with van der Waals surface area (Å²) in [7, 11) is 0. The van der Waals surface area contributed by atoms with Crippen LogP contribution in [-0.2, 0) is 9.47 Å². The van der Waals surface area contributed by atoms with Gasteiger partial charge in [-0.1, -0.05) is 0 Å². The average Bonchev–Trinajstić information content (AvgIpc) is 2.56. The zero-order chi connectivity index (χ0) is 10.9. The lowest BCUT2D eigenvalue weighted by Crippen LogP contribution is -2.55. The minimum absolute atomic E-state index is 0.139. The van der Waals surface area contributed by atoms with Gasteiger partial charge in [0.05, 0.1) is 26.4 Å². The summed E-state index contributed by atoms with van der Waals surface area (Å²) in [5, 5.41) is 0. The van der Waals surface area contributed by atoms with Crippen molar-refractivity contribution in [2.24, 2.45) is 11.7 Å². The van der Waals surface area contributed by atoms with Crippen molar-refractivity contribution in [2.45, 2.75) is 25.4 Å². The molecule has 2 atom stereocenters. The number of nitrogens with two attached hydrogens (primary N) is 1. The van der Waals surface area contributed by atoms with Gasteiger partial charge in [0.1, 0.15) is 0 Å². The van der Waals surface area contributed by atoms with Crippen LogP contribution in [0.15, 0.2) is 0 Å². The molecule has 2 heterocycles. The van der Waals surface area contributed by atoms with Crippen LogP contribution in [-0.4, -0.2) is 56.0 Å². The van der Waals surface area contributed by atoms with Gasteiger partial charge in [-0.05, 0) is 13.8 Å². The molecule has 0 radical (unpaired) electrons. The highest BCUT2D eigenvalue weighted by molar-refractivity contribution is 4.89. The highest BCUT2D eigenvalue weighted by atomic mass is 16.5. The molecule has 0 spiro atoms. The zero-order valence-electron chi connectivity index (χ0n) is 9.74. The highest BCUT2D eigenvalue weighted by Crippen LogP contribution is 2.22. The molecule has 2 aliphatic heterocycles. The first-order valence-corrected chi connectivity index (χ1v) is 5.76. The second-order valence-electron chi connectivity index (χ2n) is 5.27. The molecule has 2 aliphatic rings. The average molecular weight is 214 g/mol. The van der Waals surface area contributed by atoms with Crippen LogP contribution in [0.3, 0.4) is 0 Å². The molecule has 2 unspecified atom stereocenters. The van der Waals surface area contributed by atoms with Crippen molar-refractivity contribution in [3.63, 3.8) is 0 Å². The lowest BCUT2D eigenvalue weighted by atomic mass is 9.97. The maximum Gasteiger partial charge on any atom is 0.0645 e. The monoisotopic (exact) mass is 214 g/mol. The number of hydrogen-bond acceptors (Lipinski definition) is 4. The predicted molar refractivity (Wildman–Crippen MR) is 58.8 cm³/mol. The largest absolute Gasteiger partial charge is 0.379 e. The third kappa shape index (κ3) is 2.50. The zero-order valence-corrected chi connectivity index (χ0v) is 9.74. The summed E-state index contributed by atoms with van der Waals surface area (Å²) in [5.41, 5.74) is 6.14. The summed E-state index contributed by atoms with van der Waals surface area (Å²) in [6, 6.07) is 0.212. The summed E-state index contributed by atoms with van der Waals surface area (Å²) < 4.78 is 10.9. The molecule has 15 heavy (non-hydrogen) atoms. The lowest BCUT2D eigenvalue weighted by molar-refractivity contribution is -0.0578. The van der Waals surface area contributed by atoms with E-state index in [9.17, 15) is 0 Å². The fourth-order valence-electron chi connectivity index (χ4n) is 2.32. The minimum atomic E-state index is 0.139. The van der Waals surface area contributed by atoms with Crippen LogP contribution in [0.4, 0.5) is 0 Å². The van der Waals surface area contributed by atoms with E-state index >= 15 is 0 Å². The van der Waals surface area contributed by atoms with Crippen molar-refractivity contribution in [1.82, 2.24) is 4.90 Å². The molecule has 0 aromatic heterocycles. The second-order valence-corrected chi connectivity index (χ2v) is 5.27. The Bertz CT molecular complexity index is 221. The first-order chi connectivity index (χ1) is 7.09. The fourth-order valence-corrected chi connectivity index (χ4v) is 2.32. The van der Waals surface area contributed by atoms with Crippen molar-refractivity contribution in [3.05, 3.63) is 0 Å². The Balaban J connectivity index is 1.92. The van der Waals surface area contributed by atoms with E-state index in [1.807, 2.05) is 0 Å². The van der Waals surface area contributed by atoms with Crippen LogP contribution in [0.5, 0.6) is 0 Å². The normalized spacial score (nSPS) is 37.0. The quantitative estimate of drug-likeness (QED) is 0.707. The molecule has 88 valence electrons. The van der Waals surface area contributed by atoms with E-state index in [0.29, 0.717) is 5.92 Å². The van der Waals surface area contributed by atoms with Crippen LogP contribution < -0.4 is 5.73 Å². The number of nitrogens with zero attached hydrogens (tertiary/aromatic N) is 1. The molecule has 0 aromatic carbocycles. The van der Waals surface area contributed by atoms with Gasteiger partial charge in [0, 0.05) is 30.6 Å². The SMILES string of the molecule is CC1(C)COCCN1CC1COCC1N. The number of morpholine rings is 1. The van der Waals surface area contributed by atoms with E-state index in [4.69, 9.17) is 15.2 Å².